The molecular formula is C8H6F5N. The minimum absolute atomic E-state index is 0.359. The summed E-state index contributed by atoms with van der Waals surface area (Å²) in [5.41, 5.74) is -0.259. The maximum atomic E-state index is 12.8. The van der Waals surface area contributed by atoms with E-state index in [2.05, 4.69) is 0 Å². The van der Waals surface area contributed by atoms with Gasteiger partial charge < -0.3 is 0 Å². The third-order valence-corrected chi connectivity index (χ3v) is 1.63. The standard InChI is InChI=1S/C8H6F5N/c9-7-2-1-6(8(10,11)12)3-5(7)4-14-13/h1-3,14H,4H2. The molecule has 1 rings (SSSR count). The molecule has 1 aromatic carbocycles. The molecule has 1 aromatic rings. The molecule has 78 valence electrons. The lowest BCUT2D eigenvalue weighted by molar-refractivity contribution is -0.137. The molecule has 0 aliphatic rings. The zero-order valence-electron chi connectivity index (χ0n) is 6.83. The van der Waals surface area contributed by atoms with Gasteiger partial charge in [-0.25, -0.2) is 4.39 Å². The van der Waals surface area contributed by atoms with Crippen molar-refractivity contribution < 1.29 is 22.0 Å². The SMILES string of the molecule is FNCc1cc(C(F)(F)F)ccc1F. The highest BCUT2D eigenvalue weighted by atomic mass is 19.4. The Balaban J connectivity index is 3.06. The summed E-state index contributed by atoms with van der Waals surface area (Å²) in [4.78, 5) is 0. The predicted molar refractivity (Wildman–Crippen MR) is 39.3 cm³/mol. The normalized spacial score (nSPS) is 11.8. The van der Waals surface area contributed by atoms with Gasteiger partial charge in [-0.1, -0.05) is 0 Å². The van der Waals surface area contributed by atoms with E-state index >= 15 is 0 Å². The molecule has 0 radical (unpaired) electrons. The fourth-order valence-electron chi connectivity index (χ4n) is 0.959. The number of hydrogen-bond donors (Lipinski definition) is 1. The van der Waals surface area contributed by atoms with Crippen LogP contribution >= 0.6 is 0 Å². The van der Waals surface area contributed by atoms with E-state index in [0.717, 1.165) is 5.54 Å². The van der Waals surface area contributed by atoms with Gasteiger partial charge in [-0.3, -0.25) is 0 Å². The lowest BCUT2D eigenvalue weighted by Gasteiger charge is -2.08. The van der Waals surface area contributed by atoms with Crippen LogP contribution < -0.4 is 5.54 Å². The molecular weight excluding hydrogens is 205 g/mol. The van der Waals surface area contributed by atoms with Crippen molar-refractivity contribution in [3.05, 3.63) is 35.1 Å². The van der Waals surface area contributed by atoms with Crippen LogP contribution in [0.15, 0.2) is 18.2 Å². The molecule has 0 aliphatic heterocycles. The van der Waals surface area contributed by atoms with Crippen LogP contribution in [0.3, 0.4) is 0 Å². The highest BCUT2D eigenvalue weighted by Crippen LogP contribution is 2.30. The summed E-state index contributed by atoms with van der Waals surface area (Å²) >= 11 is 0. The Bertz CT molecular complexity index is 320. The number of benzene rings is 1. The minimum atomic E-state index is -4.54. The van der Waals surface area contributed by atoms with Crippen molar-refractivity contribution in [1.82, 2.24) is 5.54 Å². The van der Waals surface area contributed by atoms with Crippen LogP contribution in [-0.4, -0.2) is 0 Å². The van der Waals surface area contributed by atoms with E-state index in [4.69, 9.17) is 0 Å². The van der Waals surface area contributed by atoms with Gasteiger partial charge in [0.25, 0.3) is 0 Å². The van der Waals surface area contributed by atoms with Crippen LogP contribution in [0.25, 0.3) is 0 Å². The van der Waals surface area contributed by atoms with E-state index in [0.29, 0.717) is 18.2 Å². The zero-order chi connectivity index (χ0) is 10.8. The average Bonchev–Trinajstić information content (AvgIpc) is 2.07. The van der Waals surface area contributed by atoms with Crippen LogP contribution in [0.5, 0.6) is 0 Å². The second kappa shape index (κ2) is 3.91. The molecule has 0 saturated heterocycles. The van der Waals surface area contributed by atoms with Gasteiger partial charge in [0.05, 0.1) is 12.1 Å². The molecule has 6 heteroatoms. The highest BCUT2D eigenvalue weighted by Gasteiger charge is 2.30. The Morgan fingerprint density at radius 1 is 1.21 bits per heavy atom. The van der Waals surface area contributed by atoms with Crippen molar-refractivity contribution in [2.75, 3.05) is 0 Å². The first-order chi connectivity index (χ1) is 6.45. The van der Waals surface area contributed by atoms with Gasteiger partial charge in [-0.2, -0.15) is 18.7 Å². The molecule has 0 amide bonds. The summed E-state index contributed by atoms with van der Waals surface area (Å²) in [5, 5.41) is 0. The molecule has 0 heterocycles. The van der Waals surface area contributed by atoms with Crippen LogP contribution in [0.4, 0.5) is 22.0 Å². The molecule has 14 heavy (non-hydrogen) atoms. The molecule has 0 aliphatic carbocycles. The topological polar surface area (TPSA) is 12.0 Å². The van der Waals surface area contributed by atoms with Gasteiger partial charge in [0.15, 0.2) is 0 Å². The number of halogens is 5. The third-order valence-electron chi connectivity index (χ3n) is 1.63. The zero-order valence-corrected chi connectivity index (χ0v) is 6.83. The summed E-state index contributed by atoms with van der Waals surface area (Å²) in [5.74, 6) is -0.872. The number of alkyl halides is 3. The summed E-state index contributed by atoms with van der Waals surface area (Å²) in [6, 6.07) is 1.84. The number of nitrogens with one attached hydrogen (secondary N) is 1. The third kappa shape index (κ3) is 2.41. The van der Waals surface area contributed by atoms with Crippen molar-refractivity contribution >= 4 is 0 Å². The molecule has 0 spiro atoms. The Morgan fingerprint density at radius 2 is 1.86 bits per heavy atom. The number of rotatable bonds is 2. The van der Waals surface area contributed by atoms with Gasteiger partial charge in [0, 0.05) is 5.56 Å². The van der Waals surface area contributed by atoms with Crippen molar-refractivity contribution in [1.29, 1.82) is 0 Å². The van der Waals surface area contributed by atoms with Crippen molar-refractivity contribution in [3.63, 3.8) is 0 Å². The summed E-state index contributed by atoms with van der Waals surface area (Å²) in [6.45, 7) is -0.588. The molecule has 1 nitrogen and oxygen atoms in total. The Morgan fingerprint density at radius 3 is 2.36 bits per heavy atom. The summed E-state index contributed by atoms with van der Waals surface area (Å²) in [7, 11) is 0. The van der Waals surface area contributed by atoms with Gasteiger partial charge in [-0.05, 0) is 18.2 Å². The summed E-state index contributed by atoms with van der Waals surface area (Å²) < 4.78 is 60.7. The highest BCUT2D eigenvalue weighted by molar-refractivity contribution is 5.26. The molecule has 1 N–H and O–H groups in total. The average molecular weight is 211 g/mol. The second-order valence-electron chi connectivity index (χ2n) is 2.61. The van der Waals surface area contributed by atoms with Crippen LogP contribution in [0.1, 0.15) is 11.1 Å². The predicted octanol–water partition coefficient (Wildman–Crippen LogP) is 2.82. The second-order valence-corrected chi connectivity index (χ2v) is 2.61. The largest absolute Gasteiger partial charge is 0.416 e. The monoisotopic (exact) mass is 211 g/mol. The van der Waals surface area contributed by atoms with E-state index in [1.807, 2.05) is 0 Å². The van der Waals surface area contributed by atoms with Crippen LogP contribution in [-0.2, 0) is 12.7 Å². The van der Waals surface area contributed by atoms with Crippen LogP contribution in [0.2, 0.25) is 0 Å². The molecule has 0 fully saturated rings. The van der Waals surface area contributed by atoms with E-state index in [9.17, 15) is 22.0 Å². The first kappa shape index (κ1) is 10.9. The van der Waals surface area contributed by atoms with Crippen LogP contribution in [0, 0.1) is 5.82 Å². The Labute approximate surface area is 76.5 Å². The van der Waals surface area contributed by atoms with Crippen molar-refractivity contribution in [2.24, 2.45) is 0 Å². The molecule has 0 saturated carbocycles. The minimum Gasteiger partial charge on any atom is -0.207 e. The van der Waals surface area contributed by atoms with E-state index < -0.39 is 24.1 Å². The fraction of sp³-hybridized carbons (Fsp3) is 0.250. The van der Waals surface area contributed by atoms with Gasteiger partial charge in [-0.15, -0.1) is 4.48 Å². The number of hydrogen-bond acceptors (Lipinski definition) is 1. The van der Waals surface area contributed by atoms with Gasteiger partial charge in [0.1, 0.15) is 5.82 Å². The fourth-order valence-corrected chi connectivity index (χ4v) is 0.959. The molecule has 0 aromatic heterocycles. The van der Waals surface area contributed by atoms with Gasteiger partial charge >= 0.3 is 6.18 Å². The van der Waals surface area contributed by atoms with E-state index in [1.165, 1.54) is 0 Å². The van der Waals surface area contributed by atoms with E-state index in [1.54, 1.807) is 0 Å². The lowest BCUT2D eigenvalue weighted by atomic mass is 10.1. The Hall–Kier alpha value is -1.17. The lowest BCUT2D eigenvalue weighted by Crippen LogP contribution is -2.09. The Kier molecular flexibility index (Phi) is 3.05. The smallest absolute Gasteiger partial charge is 0.207 e. The molecule has 0 atom stereocenters. The molecule has 0 unspecified atom stereocenters. The molecule has 0 bridgehead atoms. The summed E-state index contributed by atoms with van der Waals surface area (Å²) in [6.07, 6.45) is -4.54. The van der Waals surface area contributed by atoms with Crippen molar-refractivity contribution in [2.45, 2.75) is 12.7 Å². The van der Waals surface area contributed by atoms with Crippen molar-refractivity contribution in [3.8, 4) is 0 Å². The quantitative estimate of drug-likeness (QED) is 0.585. The maximum Gasteiger partial charge on any atom is 0.416 e. The maximum absolute atomic E-state index is 12.8. The first-order valence-electron chi connectivity index (χ1n) is 3.64. The first-order valence-corrected chi connectivity index (χ1v) is 3.64. The van der Waals surface area contributed by atoms with Gasteiger partial charge in [0.2, 0.25) is 0 Å². The van der Waals surface area contributed by atoms with E-state index in [-0.39, 0.29) is 5.56 Å².